The maximum Gasteiger partial charge on any atom is 0.246 e. The molecule has 0 bridgehead atoms. The first-order valence-electron chi connectivity index (χ1n) is 10.8. The first-order chi connectivity index (χ1) is 15.3. The van der Waals surface area contributed by atoms with Crippen molar-refractivity contribution in [3.8, 4) is 5.75 Å². The summed E-state index contributed by atoms with van der Waals surface area (Å²) in [6, 6.07) is 12.8. The molecule has 2 aromatic rings. The molecule has 2 fully saturated rings. The van der Waals surface area contributed by atoms with Crippen molar-refractivity contribution in [2.24, 2.45) is 5.92 Å². The quantitative estimate of drug-likeness (QED) is 0.582. The van der Waals surface area contributed by atoms with E-state index in [1.807, 2.05) is 0 Å². The minimum atomic E-state index is -3.91. The smallest absolute Gasteiger partial charge is 0.246 e. The predicted molar refractivity (Wildman–Crippen MR) is 123 cm³/mol. The number of hydrogen-bond donors (Lipinski definition) is 0. The number of ether oxygens (including phenoxy) is 1. The van der Waals surface area contributed by atoms with Crippen molar-refractivity contribution >= 4 is 31.6 Å². The van der Waals surface area contributed by atoms with Crippen molar-refractivity contribution < 1.29 is 21.6 Å². The molecular weight excluding hydrogens is 472 g/mol. The van der Waals surface area contributed by atoms with Gasteiger partial charge in [-0.2, -0.15) is 8.61 Å². The molecule has 0 atom stereocenters. The fraction of sp³-hybridized carbons (Fsp3) is 0.455. The second-order valence-electron chi connectivity index (χ2n) is 8.17. The maximum atomic E-state index is 13.5. The van der Waals surface area contributed by atoms with E-state index in [2.05, 4.69) is 0 Å². The molecule has 1 aliphatic carbocycles. The van der Waals surface area contributed by atoms with Crippen molar-refractivity contribution in [3.63, 3.8) is 0 Å². The van der Waals surface area contributed by atoms with E-state index in [1.165, 1.54) is 21.1 Å². The van der Waals surface area contributed by atoms with Gasteiger partial charge in [0.15, 0.2) is 0 Å². The Hall–Kier alpha value is -1.65. The van der Waals surface area contributed by atoms with Crippen LogP contribution in [0.15, 0.2) is 58.3 Å². The molecule has 0 amide bonds. The largest absolute Gasteiger partial charge is 0.492 e. The Bertz CT molecular complexity index is 1150. The van der Waals surface area contributed by atoms with Crippen LogP contribution in [0.4, 0.5) is 0 Å². The van der Waals surface area contributed by atoms with Gasteiger partial charge in [-0.05, 0) is 55.5 Å². The van der Waals surface area contributed by atoms with Crippen molar-refractivity contribution in [3.05, 3.63) is 53.6 Å². The zero-order chi connectivity index (χ0) is 22.8. The molecule has 2 aromatic carbocycles. The molecule has 0 spiro atoms. The lowest BCUT2D eigenvalue weighted by Gasteiger charge is -2.26. The summed E-state index contributed by atoms with van der Waals surface area (Å²) in [5.41, 5.74) is 0. The van der Waals surface area contributed by atoms with Gasteiger partial charge >= 0.3 is 0 Å². The normalized spacial score (nSPS) is 19.3. The van der Waals surface area contributed by atoms with Crippen molar-refractivity contribution in [2.75, 3.05) is 32.8 Å². The van der Waals surface area contributed by atoms with Gasteiger partial charge in [0.25, 0.3) is 0 Å². The van der Waals surface area contributed by atoms with Gasteiger partial charge in [0.05, 0.1) is 11.5 Å². The van der Waals surface area contributed by atoms with Crippen LogP contribution < -0.4 is 4.74 Å². The van der Waals surface area contributed by atoms with Crippen LogP contribution in [-0.2, 0) is 20.0 Å². The van der Waals surface area contributed by atoms with E-state index in [0.717, 1.165) is 12.8 Å². The van der Waals surface area contributed by atoms with Crippen LogP contribution in [-0.4, -0.2) is 58.2 Å². The lowest BCUT2D eigenvalue weighted by molar-refractivity contribution is 0.177. The highest BCUT2D eigenvalue weighted by Gasteiger charge is 2.33. The lowest BCUT2D eigenvalue weighted by atomic mass is 9.86. The van der Waals surface area contributed by atoms with Crippen molar-refractivity contribution in [2.45, 2.75) is 35.5 Å². The van der Waals surface area contributed by atoms with Crippen molar-refractivity contribution in [1.29, 1.82) is 0 Å². The van der Waals surface area contributed by atoms with E-state index in [-0.39, 0.29) is 36.0 Å². The molecule has 2 aliphatic rings. The van der Waals surface area contributed by atoms with E-state index < -0.39 is 20.0 Å². The van der Waals surface area contributed by atoms with Gasteiger partial charge < -0.3 is 4.74 Å². The molecular formula is C22H27ClN2O5S2. The topological polar surface area (TPSA) is 84.0 Å². The maximum absolute atomic E-state index is 13.5. The Kier molecular flexibility index (Phi) is 7.11. The summed E-state index contributed by atoms with van der Waals surface area (Å²) in [7, 11) is -7.59. The molecule has 1 saturated carbocycles. The fourth-order valence-electron chi connectivity index (χ4n) is 3.90. The highest BCUT2D eigenvalue weighted by molar-refractivity contribution is 7.89. The second kappa shape index (κ2) is 9.69. The van der Waals surface area contributed by atoms with Gasteiger partial charge in [-0.15, -0.1) is 0 Å². The molecule has 7 nitrogen and oxygen atoms in total. The molecule has 10 heteroatoms. The van der Waals surface area contributed by atoms with Crippen LogP contribution in [0.5, 0.6) is 5.75 Å². The van der Waals surface area contributed by atoms with E-state index in [4.69, 9.17) is 16.3 Å². The van der Waals surface area contributed by atoms with Crippen LogP contribution in [0, 0.1) is 5.92 Å². The predicted octanol–water partition coefficient (Wildman–Crippen LogP) is 3.60. The van der Waals surface area contributed by atoms with Crippen LogP contribution in [0.3, 0.4) is 0 Å². The molecule has 0 radical (unpaired) electrons. The zero-order valence-electron chi connectivity index (χ0n) is 17.7. The lowest BCUT2D eigenvalue weighted by Crippen LogP contribution is -2.37. The molecule has 174 valence electrons. The van der Waals surface area contributed by atoms with Gasteiger partial charge in [0.2, 0.25) is 20.0 Å². The van der Waals surface area contributed by atoms with Crippen LogP contribution in [0.2, 0.25) is 5.02 Å². The first-order valence-corrected chi connectivity index (χ1v) is 14.0. The van der Waals surface area contributed by atoms with E-state index in [0.29, 0.717) is 29.7 Å². The summed E-state index contributed by atoms with van der Waals surface area (Å²) in [6.45, 7) is 1.09. The van der Waals surface area contributed by atoms with Crippen LogP contribution in [0.1, 0.15) is 25.7 Å². The number of rotatable bonds is 7. The monoisotopic (exact) mass is 498 g/mol. The highest BCUT2D eigenvalue weighted by Crippen LogP contribution is 2.33. The van der Waals surface area contributed by atoms with Crippen molar-refractivity contribution in [1.82, 2.24) is 8.61 Å². The molecule has 32 heavy (non-hydrogen) atoms. The molecule has 0 aromatic heterocycles. The minimum Gasteiger partial charge on any atom is -0.492 e. The molecule has 1 aliphatic heterocycles. The third-order valence-corrected chi connectivity index (χ3v) is 10.1. The Morgan fingerprint density at radius 2 is 1.50 bits per heavy atom. The number of halogens is 1. The Balaban J connectivity index is 1.53. The average Bonchev–Trinajstić information content (AvgIpc) is 3.02. The third kappa shape index (κ3) is 4.97. The average molecular weight is 499 g/mol. The highest BCUT2D eigenvalue weighted by atomic mass is 35.5. The third-order valence-electron chi connectivity index (χ3n) is 6.02. The SMILES string of the molecule is O=S(=O)(c1ccccc1)N1CCCN(S(=O)(=O)c2cc(Cl)ccc2OCC2CCC2)CC1. The number of hydrogen-bond acceptors (Lipinski definition) is 5. The van der Waals surface area contributed by atoms with Gasteiger partial charge in [-0.25, -0.2) is 16.8 Å². The number of nitrogens with zero attached hydrogens (tertiary/aromatic N) is 2. The van der Waals surface area contributed by atoms with E-state index in [1.54, 1.807) is 42.5 Å². The molecule has 1 heterocycles. The molecule has 0 N–H and O–H groups in total. The second-order valence-corrected chi connectivity index (χ2v) is 12.5. The number of sulfonamides is 2. The molecule has 1 saturated heterocycles. The van der Waals surface area contributed by atoms with Gasteiger partial charge in [0.1, 0.15) is 10.6 Å². The van der Waals surface area contributed by atoms with E-state index >= 15 is 0 Å². The summed E-state index contributed by atoms with van der Waals surface area (Å²) in [4.78, 5) is 0.238. The zero-order valence-corrected chi connectivity index (χ0v) is 20.1. The van der Waals surface area contributed by atoms with Gasteiger partial charge in [-0.3, -0.25) is 0 Å². The Morgan fingerprint density at radius 3 is 2.12 bits per heavy atom. The standard InChI is InChI=1S/C22H27ClN2O5S2/c23-19-10-11-21(30-17-18-6-4-7-18)22(16-19)32(28,29)25-13-5-12-24(14-15-25)31(26,27)20-8-2-1-3-9-20/h1-3,8-11,16,18H,4-7,12-15,17H2. The summed E-state index contributed by atoms with van der Waals surface area (Å²) < 4.78 is 61.5. The fourth-order valence-corrected chi connectivity index (χ4v) is 7.26. The van der Waals surface area contributed by atoms with E-state index in [9.17, 15) is 16.8 Å². The van der Waals surface area contributed by atoms with Gasteiger partial charge in [-0.1, -0.05) is 36.2 Å². The Labute approximate surface area is 195 Å². The Morgan fingerprint density at radius 1 is 0.844 bits per heavy atom. The van der Waals surface area contributed by atoms with Crippen LogP contribution >= 0.6 is 11.6 Å². The van der Waals surface area contributed by atoms with Gasteiger partial charge in [0, 0.05) is 31.2 Å². The number of benzene rings is 2. The molecule has 4 rings (SSSR count). The summed E-state index contributed by atoms with van der Waals surface area (Å²) in [5, 5.41) is 0.308. The summed E-state index contributed by atoms with van der Waals surface area (Å²) in [6.07, 6.45) is 3.75. The summed E-state index contributed by atoms with van der Waals surface area (Å²) in [5.74, 6) is 0.746. The molecule has 0 unspecified atom stereocenters. The minimum absolute atomic E-state index is 0.0312. The summed E-state index contributed by atoms with van der Waals surface area (Å²) >= 11 is 6.12. The first kappa shape index (κ1) is 23.5. The van der Waals surface area contributed by atoms with Crippen LogP contribution in [0.25, 0.3) is 0 Å².